The molecule has 0 aromatic heterocycles. The van der Waals surface area contributed by atoms with Crippen molar-refractivity contribution in [1.29, 1.82) is 0 Å². The summed E-state index contributed by atoms with van der Waals surface area (Å²) in [7, 11) is 4.03. The summed E-state index contributed by atoms with van der Waals surface area (Å²) in [5.41, 5.74) is 13.8. The predicted molar refractivity (Wildman–Crippen MR) is 82.6 cm³/mol. The van der Waals surface area contributed by atoms with Gasteiger partial charge in [0.15, 0.2) is 0 Å². The van der Waals surface area contributed by atoms with Gasteiger partial charge in [0, 0.05) is 19.8 Å². The van der Waals surface area contributed by atoms with Gasteiger partial charge < -0.3 is 16.4 Å². The van der Waals surface area contributed by atoms with Gasteiger partial charge in [-0.1, -0.05) is 25.5 Å². The molecule has 0 aliphatic carbocycles. The summed E-state index contributed by atoms with van der Waals surface area (Å²) in [5.74, 6) is -0.0149. The number of benzene rings is 1. The van der Waals surface area contributed by atoms with Gasteiger partial charge in [-0.05, 0) is 30.5 Å². The van der Waals surface area contributed by atoms with Crippen molar-refractivity contribution >= 4 is 17.4 Å². The highest BCUT2D eigenvalue weighted by Gasteiger charge is 2.04. The molecule has 1 aromatic rings. The molecule has 0 saturated carbocycles. The molecule has 1 rings (SSSR count). The number of guanidine groups is 1. The zero-order valence-electron chi connectivity index (χ0n) is 11.9. The third-order valence-electron chi connectivity index (χ3n) is 2.77. The van der Waals surface area contributed by atoms with Crippen LogP contribution in [0.2, 0.25) is 0 Å². The number of nitrogens with two attached hydrogens (primary N) is 2. The van der Waals surface area contributed by atoms with E-state index in [-0.39, 0.29) is 5.96 Å². The molecule has 5 nitrogen and oxygen atoms in total. The van der Waals surface area contributed by atoms with E-state index in [4.69, 9.17) is 11.5 Å². The van der Waals surface area contributed by atoms with Crippen molar-refractivity contribution in [1.82, 2.24) is 0 Å². The second kappa shape index (κ2) is 7.41. The van der Waals surface area contributed by atoms with E-state index in [9.17, 15) is 0 Å². The van der Waals surface area contributed by atoms with Crippen molar-refractivity contribution in [3.63, 3.8) is 0 Å². The van der Waals surface area contributed by atoms with Gasteiger partial charge in [-0.25, -0.2) is 0 Å². The predicted octanol–water partition coefficient (Wildman–Crippen LogP) is 1.92. The lowest BCUT2D eigenvalue weighted by Crippen LogP contribution is -2.22. The van der Waals surface area contributed by atoms with Crippen LogP contribution >= 0.6 is 0 Å². The molecule has 0 amide bonds. The Balaban J connectivity index is 2.96. The number of unbranched alkanes of at least 4 members (excludes halogenated alkanes) is 1. The maximum absolute atomic E-state index is 5.33. The molecule has 0 unspecified atom stereocenters. The molecule has 0 atom stereocenters. The lowest BCUT2D eigenvalue weighted by Gasteiger charge is -2.13. The van der Waals surface area contributed by atoms with Crippen molar-refractivity contribution in [3.05, 3.63) is 29.8 Å². The molecule has 0 heterocycles. The van der Waals surface area contributed by atoms with Crippen molar-refractivity contribution in [2.24, 2.45) is 21.7 Å². The standard InChI is InChI=1S/C14H23N5/c1-4-5-6-13(17-18-14(15)16)11-7-9-12(10-8-11)19(2)3/h7-10H,4-6H2,1-3H3,(H4,15,16,18). The van der Waals surface area contributed by atoms with Gasteiger partial charge in [0.2, 0.25) is 5.96 Å². The maximum atomic E-state index is 5.33. The Bertz CT molecular complexity index is 441. The average molecular weight is 261 g/mol. The molecule has 0 saturated heterocycles. The molecule has 0 bridgehead atoms. The second-order valence-corrected chi connectivity index (χ2v) is 4.62. The molecule has 19 heavy (non-hydrogen) atoms. The Morgan fingerprint density at radius 2 is 1.74 bits per heavy atom. The van der Waals surface area contributed by atoms with E-state index >= 15 is 0 Å². The quantitative estimate of drug-likeness (QED) is 0.466. The Morgan fingerprint density at radius 1 is 1.11 bits per heavy atom. The van der Waals surface area contributed by atoms with E-state index < -0.39 is 0 Å². The van der Waals surface area contributed by atoms with Crippen LogP contribution in [0.4, 0.5) is 5.69 Å². The van der Waals surface area contributed by atoms with Crippen LogP contribution in [0.1, 0.15) is 31.7 Å². The first-order valence-corrected chi connectivity index (χ1v) is 6.47. The Kier molecular flexibility index (Phi) is 5.85. The molecule has 0 aliphatic rings. The number of rotatable bonds is 6. The van der Waals surface area contributed by atoms with E-state index in [0.29, 0.717) is 0 Å². The Labute approximate surface area is 115 Å². The molecule has 5 heteroatoms. The van der Waals surface area contributed by atoms with Gasteiger partial charge in [0.1, 0.15) is 0 Å². The average Bonchev–Trinajstić information content (AvgIpc) is 2.39. The minimum atomic E-state index is -0.0149. The molecule has 4 N–H and O–H groups in total. The van der Waals surface area contributed by atoms with Crippen LogP contribution in [-0.4, -0.2) is 25.8 Å². The summed E-state index contributed by atoms with van der Waals surface area (Å²) in [5, 5.41) is 7.91. The summed E-state index contributed by atoms with van der Waals surface area (Å²) < 4.78 is 0. The number of anilines is 1. The van der Waals surface area contributed by atoms with Gasteiger partial charge in [-0.3, -0.25) is 0 Å². The molecule has 1 aromatic carbocycles. The van der Waals surface area contributed by atoms with Crippen LogP contribution in [0.25, 0.3) is 0 Å². The SMILES string of the molecule is CCCCC(=NN=C(N)N)c1ccc(N(C)C)cc1. The third kappa shape index (κ3) is 4.99. The highest BCUT2D eigenvalue weighted by atomic mass is 15.3. The minimum absolute atomic E-state index is 0.0149. The fourth-order valence-corrected chi connectivity index (χ4v) is 1.67. The molecular formula is C14H23N5. The highest BCUT2D eigenvalue weighted by molar-refractivity contribution is 6.01. The summed E-state index contributed by atoms with van der Waals surface area (Å²) >= 11 is 0. The van der Waals surface area contributed by atoms with Gasteiger partial charge in [-0.15, -0.1) is 5.10 Å². The largest absolute Gasteiger partial charge is 0.378 e. The fraction of sp³-hybridized carbons (Fsp3) is 0.429. The molecule has 0 fully saturated rings. The lowest BCUT2D eigenvalue weighted by atomic mass is 10.0. The number of hydrogen-bond donors (Lipinski definition) is 2. The summed E-state index contributed by atoms with van der Waals surface area (Å²) in [6.45, 7) is 2.15. The van der Waals surface area contributed by atoms with Crippen molar-refractivity contribution in [3.8, 4) is 0 Å². The monoisotopic (exact) mass is 261 g/mol. The topological polar surface area (TPSA) is 80.0 Å². The van der Waals surface area contributed by atoms with E-state index in [2.05, 4.69) is 34.2 Å². The van der Waals surface area contributed by atoms with Gasteiger partial charge in [0.25, 0.3) is 0 Å². The highest BCUT2D eigenvalue weighted by Crippen LogP contribution is 2.15. The van der Waals surface area contributed by atoms with Crippen LogP contribution in [0, 0.1) is 0 Å². The number of nitrogens with zero attached hydrogens (tertiary/aromatic N) is 3. The molecular weight excluding hydrogens is 238 g/mol. The fourth-order valence-electron chi connectivity index (χ4n) is 1.67. The Hall–Kier alpha value is -2.04. The molecule has 0 spiro atoms. The van der Waals surface area contributed by atoms with E-state index in [1.807, 2.05) is 26.2 Å². The maximum Gasteiger partial charge on any atom is 0.211 e. The van der Waals surface area contributed by atoms with Crippen molar-refractivity contribution in [2.45, 2.75) is 26.2 Å². The minimum Gasteiger partial charge on any atom is -0.378 e. The van der Waals surface area contributed by atoms with Crippen LogP contribution in [0.15, 0.2) is 34.5 Å². The van der Waals surface area contributed by atoms with Gasteiger partial charge >= 0.3 is 0 Å². The number of hydrogen-bond acceptors (Lipinski definition) is 3. The van der Waals surface area contributed by atoms with E-state index in [0.717, 1.165) is 36.2 Å². The molecule has 104 valence electrons. The summed E-state index contributed by atoms with van der Waals surface area (Å²) in [6, 6.07) is 8.22. The lowest BCUT2D eigenvalue weighted by molar-refractivity contribution is 0.832. The van der Waals surface area contributed by atoms with E-state index in [1.165, 1.54) is 0 Å². The van der Waals surface area contributed by atoms with Gasteiger partial charge in [0.05, 0.1) is 5.71 Å². The normalized spacial score (nSPS) is 11.2. The van der Waals surface area contributed by atoms with Crippen LogP contribution in [0.5, 0.6) is 0 Å². The zero-order valence-corrected chi connectivity index (χ0v) is 11.9. The first-order valence-electron chi connectivity index (χ1n) is 6.47. The zero-order chi connectivity index (χ0) is 14.3. The molecule has 0 aliphatic heterocycles. The van der Waals surface area contributed by atoms with Crippen LogP contribution in [0.3, 0.4) is 0 Å². The van der Waals surface area contributed by atoms with Crippen LogP contribution in [-0.2, 0) is 0 Å². The van der Waals surface area contributed by atoms with Crippen molar-refractivity contribution < 1.29 is 0 Å². The van der Waals surface area contributed by atoms with Gasteiger partial charge in [-0.2, -0.15) is 5.10 Å². The van der Waals surface area contributed by atoms with E-state index in [1.54, 1.807) is 0 Å². The third-order valence-corrected chi connectivity index (χ3v) is 2.77. The molecule has 0 radical (unpaired) electrons. The smallest absolute Gasteiger partial charge is 0.211 e. The van der Waals surface area contributed by atoms with Crippen molar-refractivity contribution in [2.75, 3.05) is 19.0 Å². The first-order chi connectivity index (χ1) is 9.04. The second-order valence-electron chi connectivity index (χ2n) is 4.62. The summed E-state index contributed by atoms with van der Waals surface area (Å²) in [4.78, 5) is 2.06. The summed E-state index contributed by atoms with van der Waals surface area (Å²) in [6.07, 6.45) is 3.04. The Morgan fingerprint density at radius 3 is 2.21 bits per heavy atom. The first kappa shape index (κ1) is 15.0. The van der Waals surface area contributed by atoms with Crippen LogP contribution < -0.4 is 16.4 Å².